The fourth-order valence-electron chi connectivity index (χ4n) is 3.68. The van der Waals surface area contributed by atoms with E-state index in [0.29, 0.717) is 5.41 Å². The van der Waals surface area contributed by atoms with Crippen molar-refractivity contribution in [3.05, 3.63) is 0 Å². The maximum absolute atomic E-state index is 11.8. The van der Waals surface area contributed by atoms with Gasteiger partial charge in [0.25, 0.3) is 0 Å². The number of nitrogens with one attached hydrogen (secondary N) is 1. The highest BCUT2D eigenvalue weighted by Gasteiger charge is 2.43. The van der Waals surface area contributed by atoms with Gasteiger partial charge in [-0.2, -0.15) is 0 Å². The van der Waals surface area contributed by atoms with Gasteiger partial charge in [0.05, 0.1) is 0 Å². The van der Waals surface area contributed by atoms with Crippen molar-refractivity contribution in [2.75, 3.05) is 40.3 Å². The number of hydrogen-bond donors (Lipinski definition) is 1. The standard InChI is InChI=1S/C17H30N4O/c1-20(2)15(22)12-19-16(18-11-14-5-3-6-14)21-10-9-17(13-21)7-4-8-17/h14H,3-13H2,1-2H3,(H,18,19). The number of nitrogens with zero attached hydrogens (tertiary/aromatic N) is 3. The lowest BCUT2D eigenvalue weighted by molar-refractivity contribution is -0.127. The number of likely N-dealkylation sites (N-methyl/N-ethyl adjacent to an activating group) is 1. The number of rotatable bonds is 4. The lowest BCUT2D eigenvalue weighted by Crippen LogP contribution is -2.45. The normalized spacial score (nSPS) is 24.1. The molecule has 0 atom stereocenters. The van der Waals surface area contributed by atoms with E-state index in [1.807, 2.05) is 0 Å². The Bertz CT molecular complexity index is 438. The van der Waals surface area contributed by atoms with Gasteiger partial charge in [-0.3, -0.25) is 4.79 Å². The van der Waals surface area contributed by atoms with Crippen LogP contribution in [0.1, 0.15) is 44.9 Å². The van der Waals surface area contributed by atoms with Gasteiger partial charge >= 0.3 is 0 Å². The number of carbonyl (C=O) groups excluding carboxylic acids is 1. The van der Waals surface area contributed by atoms with E-state index in [2.05, 4.69) is 15.2 Å². The quantitative estimate of drug-likeness (QED) is 0.635. The van der Waals surface area contributed by atoms with E-state index in [0.717, 1.165) is 31.5 Å². The Morgan fingerprint density at radius 2 is 2.05 bits per heavy atom. The third-order valence-electron chi connectivity index (χ3n) is 5.79. The zero-order valence-corrected chi connectivity index (χ0v) is 14.1. The predicted molar refractivity (Wildman–Crippen MR) is 88.8 cm³/mol. The predicted octanol–water partition coefficient (Wildman–Crippen LogP) is 1.70. The molecule has 0 radical (unpaired) electrons. The van der Waals surface area contributed by atoms with Gasteiger partial charge in [-0.25, -0.2) is 4.99 Å². The Morgan fingerprint density at radius 3 is 2.55 bits per heavy atom. The summed E-state index contributed by atoms with van der Waals surface area (Å²) in [6.45, 7) is 3.48. The highest BCUT2D eigenvalue weighted by molar-refractivity contribution is 5.85. The summed E-state index contributed by atoms with van der Waals surface area (Å²) in [4.78, 5) is 20.5. The first-order chi connectivity index (χ1) is 10.6. The van der Waals surface area contributed by atoms with E-state index in [-0.39, 0.29) is 12.5 Å². The van der Waals surface area contributed by atoms with Crippen molar-refractivity contribution in [3.8, 4) is 0 Å². The van der Waals surface area contributed by atoms with E-state index < -0.39 is 0 Å². The second-order valence-electron chi connectivity index (χ2n) is 7.63. The van der Waals surface area contributed by atoms with Crippen molar-refractivity contribution in [2.45, 2.75) is 44.9 Å². The molecule has 3 fully saturated rings. The minimum absolute atomic E-state index is 0.0699. The molecule has 1 aliphatic heterocycles. The number of likely N-dealkylation sites (tertiary alicyclic amines) is 1. The largest absolute Gasteiger partial charge is 0.356 e. The van der Waals surface area contributed by atoms with Crippen molar-refractivity contribution in [1.29, 1.82) is 0 Å². The topological polar surface area (TPSA) is 47.9 Å². The molecular weight excluding hydrogens is 276 g/mol. The fraction of sp³-hybridized carbons (Fsp3) is 0.882. The summed E-state index contributed by atoms with van der Waals surface area (Å²) in [7, 11) is 3.58. The van der Waals surface area contributed by atoms with Crippen molar-refractivity contribution >= 4 is 11.9 Å². The summed E-state index contributed by atoms with van der Waals surface area (Å²) in [6, 6.07) is 0. The number of hydrogen-bond acceptors (Lipinski definition) is 2. The van der Waals surface area contributed by atoms with Gasteiger partial charge < -0.3 is 15.1 Å². The van der Waals surface area contributed by atoms with Crippen molar-refractivity contribution in [3.63, 3.8) is 0 Å². The van der Waals surface area contributed by atoms with Crippen LogP contribution in [0.4, 0.5) is 0 Å². The van der Waals surface area contributed by atoms with Gasteiger partial charge in [-0.05, 0) is 43.4 Å². The van der Waals surface area contributed by atoms with E-state index in [1.165, 1.54) is 44.9 Å². The Morgan fingerprint density at radius 1 is 1.27 bits per heavy atom. The summed E-state index contributed by atoms with van der Waals surface area (Å²) < 4.78 is 0. The van der Waals surface area contributed by atoms with Crippen LogP contribution in [0.15, 0.2) is 4.99 Å². The average Bonchev–Trinajstić information content (AvgIpc) is 2.85. The Balaban J connectivity index is 1.59. The molecule has 0 aromatic carbocycles. The molecule has 5 nitrogen and oxygen atoms in total. The Kier molecular flexibility index (Phi) is 4.59. The van der Waals surface area contributed by atoms with Crippen molar-refractivity contribution in [1.82, 2.24) is 15.1 Å². The summed E-state index contributed by atoms with van der Waals surface area (Å²) in [5.74, 6) is 1.83. The van der Waals surface area contributed by atoms with Crippen LogP contribution in [-0.4, -0.2) is 61.9 Å². The van der Waals surface area contributed by atoms with Gasteiger partial charge in [0.15, 0.2) is 5.96 Å². The molecule has 0 unspecified atom stereocenters. The molecule has 5 heteroatoms. The average molecular weight is 306 g/mol. The number of guanidine groups is 1. The third-order valence-corrected chi connectivity index (χ3v) is 5.79. The van der Waals surface area contributed by atoms with Gasteiger partial charge in [0.2, 0.25) is 5.91 Å². The van der Waals surface area contributed by atoms with E-state index >= 15 is 0 Å². The molecule has 3 rings (SSSR count). The molecule has 1 spiro atoms. The second-order valence-corrected chi connectivity index (χ2v) is 7.63. The van der Waals surface area contributed by atoms with E-state index in [4.69, 9.17) is 0 Å². The summed E-state index contributed by atoms with van der Waals surface area (Å²) >= 11 is 0. The number of carbonyl (C=O) groups is 1. The van der Waals surface area contributed by atoms with Crippen LogP contribution in [0.25, 0.3) is 0 Å². The first-order valence-corrected chi connectivity index (χ1v) is 8.81. The Hall–Kier alpha value is -1.26. The molecule has 1 N–H and O–H groups in total. The minimum atomic E-state index is 0.0699. The smallest absolute Gasteiger partial charge is 0.243 e. The number of amides is 1. The third kappa shape index (κ3) is 3.39. The molecule has 0 bridgehead atoms. The molecule has 2 aliphatic carbocycles. The molecule has 124 valence electrons. The Labute approximate surface area is 134 Å². The molecule has 0 aromatic heterocycles. The molecule has 1 heterocycles. The first-order valence-electron chi connectivity index (χ1n) is 8.81. The van der Waals surface area contributed by atoms with Crippen LogP contribution >= 0.6 is 0 Å². The van der Waals surface area contributed by atoms with Gasteiger partial charge in [-0.15, -0.1) is 0 Å². The van der Waals surface area contributed by atoms with Gasteiger partial charge in [0.1, 0.15) is 6.54 Å². The lowest BCUT2D eigenvalue weighted by Gasteiger charge is -2.38. The summed E-state index contributed by atoms with van der Waals surface area (Å²) in [5, 5.41) is 3.55. The van der Waals surface area contributed by atoms with Crippen LogP contribution in [0.5, 0.6) is 0 Å². The molecule has 2 saturated carbocycles. The molecule has 0 aromatic rings. The lowest BCUT2D eigenvalue weighted by atomic mass is 9.68. The van der Waals surface area contributed by atoms with Gasteiger partial charge in [-0.1, -0.05) is 12.8 Å². The van der Waals surface area contributed by atoms with Crippen LogP contribution < -0.4 is 5.32 Å². The minimum Gasteiger partial charge on any atom is -0.356 e. The molecule has 22 heavy (non-hydrogen) atoms. The maximum atomic E-state index is 11.8. The fourth-order valence-corrected chi connectivity index (χ4v) is 3.68. The SMILES string of the molecule is CN(C)C(=O)CN=C(NCC1CCC1)N1CCC2(CCC2)C1. The maximum Gasteiger partial charge on any atom is 0.243 e. The van der Waals surface area contributed by atoms with Crippen LogP contribution in [0, 0.1) is 11.3 Å². The second kappa shape index (κ2) is 6.47. The highest BCUT2D eigenvalue weighted by Crippen LogP contribution is 2.47. The number of aliphatic imine (C=N–C) groups is 1. The molecule has 3 aliphatic rings. The van der Waals surface area contributed by atoms with Crippen molar-refractivity contribution in [2.24, 2.45) is 16.3 Å². The first kappa shape index (κ1) is 15.6. The molecule has 1 amide bonds. The monoisotopic (exact) mass is 306 g/mol. The zero-order chi connectivity index (χ0) is 15.6. The van der Waals surface area contributed by atoms with Crippen LogP contribution in [-0.2, 0) is 4.79 Å². The molecular formula is C17H30N4O. The highest BCUT2D eigenvalue weighted by atomic mass is 16.2. The summed E-state index contributed by atoms with van der Waals surface area (Å²) in [5.41, 5.74) is 0.560. The van der Waals surface area contributed by atoms with Crippen LogP contribution in [0.2, 0.25) is 0 Å². The molecule has 1 saturated heterocycles. The van der Waals surface area contributed by atoms with Crippen LogP contribution in [0.3, 0.4) is 0 Å². The zero-order valence-electron chi connectivity index (χ0n) is 14.1. The van der Waals surface area contributed by atoms with Gasteiger partial charge in [0, 0.05) is 33.7 Å². The van der Waals surface area contributed by atoms with E-state index in [1.54, 1.807) is 19.0 Å². The van der Waals surface area contributed by atoms with E-state index in [9.17, 15) is 4.79 Å². The van der Waals surface area contributed by atoms with Crippen molar-refractivity contribution < 1.29 is 4.79 Å². The summed E-state index contributed by atoms with van der Waals surface area (Å²) in [6.07, 6.45) is 9.45.